The average Bonchev–Trinajstić information content (AvgIpc) is 2.55. The van der Waals surface area contributed by atoms with E-state index in [-0.39, 0.29) is 5.91 Å². The Bertz CT molecular complexity index is 578. The minimum Gasteiger partial charge on any atom is -0.373 e. The number of hydrogen-bond acceptors (Lipinski definition) is 2. The van der Waals surface area contributed by atoms with E-state index in [1.54, 1.807) is 0 Å². The third kappa shape index (κ3) is 5.24. The molecule has 1 amide bonds. The molecule has 0 unspecified atom stereocenters. The van der Waals surface area contributed by atoms with Gasteiger partial charge in [-0.2, -0.15) is 0 Å². The van der Waals surface area contributed by atoms with Crippen molar-refractivity contribution in [2.75, 3.05) is 25.0 Å². The number of amides is 1. The maximum atomic E-state index is 11.9. The van der Waals surface area contributed by atoms with Crippen LogP contribution in [-0.4, -0.2) is 26.0 Å². The molecule has 0 aliphatic heterocycles. The Labute approximate surface area is 133 Å². The van der Waals surface area contributed by atoms with Crippen LogP contribution in [0.4, 0.5) is 5.69 Å². The number of nitrogens with zero attached hydrogens (tertiary/aromatic N) is 1. The molecule has 0 aliphatic carbocycles. The smallest absolute Gasteiger partial charge is 0.220 e. The van der Waals surface area contributed by atoms with Gasteiger partial charge in [-0.15, -0.1) is 0 Å². The first-order valence-corrected chi connectivity index (χ1v) is 7.73. The molecule has 3 nitrogen and oxygen atoms in total. The summed E-state index contributed by atoms with van der Waals surface area (Å²) in [5.41, 5.74) is 3.62. The predicted octanol–water partition coefficient (Wildman–Crippen LogP) is 3.18. The molecule has 0 atom stereocenters. The van der Waals surface area contributed by atoms with Gasteiger partial charge in [-0.1, -0.05) is 48.0 Å². The lowest BCUT2D eigenvalue weighted by molar-refractivity contribution is -0.120. The van der Waals surface area contributed by atoms with Gasteiger partial charge in [0.15, 0.2) is 0 Å². The lowest BCUT2D eigenvalue weighted by Crippen LogP contribution is -2.33. The molecule has 0 spiro atoms. The molecule has 0 aromatic heterocycles. The monoisotopic (exact) mass is 296 g/mol. The van der Waals surface area contributed by atoms with Crippen LogP contribution < -0.4 is 10.2 Å². The Balaban J connectivity index is 1.66. The second-order valence-electron chi connectivity index (χ2n) is 5.59. The summed E-state index contributed by atoms with van der Waals surface area (Å²) in [6.45, 7) is 3.54. The fourth-order valence-electron chi connectivity index (χ4n) is 2.28. The van der Waals surface area contributed by atoms with Gasteiger partial charge in [0.05, 0.1) is 0 Å². The lowest BCUT2D eigenvalue weighted by Gasteiger charge is -2.19. The van der Waals surface area contributed by atoms with Crippen molar-refractivity contribution >= 4 is 11.6 Å². The normalized spacial score (nSPS) is 10.3. The van der Waals surface area contributed by atoms with Crippen LogP contribution in [0.3, 0.4) is 0 Å². The molecule has 0 bridgehead atoms. The van der Waals surface area contributed by atoms with E-state index in [9.17, 15) is 4.79 Å². The fourth-order valence-corrected chi connectivity index (χ4v) is 2.28. The molecule has 0 radical (unpaired) electrons. The highest BCUT2D eigenvalue weighted by Crippen LogP contribution is 2.09. The zero-order valence-electron chi connectivity index (χ0n) is 13.4. The molecule has 0 saturated carbocycles. The molecule has 3 heteroatoms. The number of hydrogen-bond donors (Lipinski definition) is 1. The number of aryl methyl sites for hydroxylation is 2. The Kier molecular flexibility index (Phi) is 6.01. The molecule has 22 heavy (non-hydrogen) atoms. The summed E-state index contributed by atoms with van der Waals surface area (Å²) in [6, 6.07) is 18.5. The van der Waals surface area contributed by atoms with Crippen molar-refractivity contribution in [3.8, 4) is 0 Å². The Hall–Kier alpha value is -2.29. The first-order chi connectivity index (χ1) is 10.6. The first kappa shape index (κ1) is 16.1. The topological polar surface area (TPSA) is 32.3 Å². The largest absolute Gasteiger partial charge is 0.373 e. The number of rotatable bonds is 7. The molecule has 0 aliphatic rings. The molecule has 2 rings (SSSR count). The van der Waals surface area contributed by atoms with Crippen molar-refractivity contribution < 1.29 is 4.79 Å². The summed E-state index contributed by atoms with van der Waals surface area (Å²) >= 11 is 0. The minimum atomic E-state index is 0.113. The van der Waals surface area contributed by atoms with Gasteiger partial charge < -0.3 is 10.2 Å². The van der Waals surface area contributed by atoms with Crippen LogP contribution in [0.1, 0.15) is 17.5 Å². The SMILES string of the molecule is Cc1ccc(CCC(=O)NCCN(C)c2ccccc2)cc1. The summed E-state index contributed by atoms with van der Waals surface area (Å²) in [7, 11) is 2.04. The van der Waals surface area contributed by atoms with E-state index in [0.29, 0.717) is 13.0 Å². The zero-order chi connectivity index (χ0) is 15.8. The van der Waals surface area contributed by atoms with Crippen molar-refractivity contribution in [2.24, 2.45) is 0 Å². The van der Waals surface area contributed by atoms with E-state index in [4.69, 9.17) is 0 Å². The molecule has 2 aromatic rings. The number of likely N-dealkylation sites (N-methyl/N-ethyl adjacent to an activating group) is 1. The van der Waals surface area contributed by atoms with Crippen LogP contribution in [0.2, 0.25) is 0 Å². The lowest BCUT2D eigenvalue weighted by atomic mass is 10.1. The van der Waals surface area contributed by atoms with Gasteiger partial charge in [-0.3, -0.25) is 4.79 Å². The molecule has 0 heterocycles. The summed E-state index contributed by atoms with van der Waals surface area (Å²) in [4.78, 5) is 14.0. The highest BCUT2D eigenvalue weighted by Gasteiger charge is 2.03. The Morgan fingerprint density at radius 1 is 1.05 bits per heavy atom. The van der Waals surface area contributed by atoms with Crippen molar-refractivity contribution in [1.29, 1.82) is 0 Å². The Morgan fingerprint density at radius 2 is 1.73 bits per heavy atom. The summed E-state index contributed by atoms with van der Waals surface area (Å²) in [5.74, 6) is 0.113. The van der Waals surface area contributed by atoms with Crippen molar-refractivity contribution in [1.82, 2.24) is 5.32 Å². The number of carbonyl (C=O) groups is 1. The summed E-state index contributed by atoms with van der Waals surface area (Å²) in [5, 5.41) is 2.98. The van der Waals surface area contributed by atoms with Crippen molar-refractivity contribution in [3.05, 3.63) is 65.7 Å². The van der Waals surface area contributed by atoms with Crippen molar-refractivity contribution in [2.45, 2.75) is 19.8 Å². The van der Waals surface area contributed by atoms with E-state index in [2.05, 4.69) is 53.5 Å². The molecule has 0 fully saturated rings. The number of para-hydroxylation sites is 1. The standard InChI is InChI=1S/C19H24N2O/c1-16-8-10-17(11-9-16)12-13-19(22)20-14-15-21(2)18-6-4-3-5-7-18/h3-11H,12-15H2,1-2H3,(H,20,22). The van der Waals surface area contributed by atoms with Crippen molar-refractivity contribution in [3.63, 3.8) is 0 Å². The van der Waals surface area contributed by atoms with E-state index in [1.165, 1.54) is 11.1 Å². The molecular formula is C19H24N2O. The minimum absolute atomic E-state index is 0.113. The fraction of sp³-hybridized carbons (Fsp3) is 0.316. The van der Waals surface area contributed by atoms with E-state index in [1.807, 2.05) is 25.2 Å². The van der Waals surface area contributed by atoms with Gasteiger partial charge in [0.2, 0.25) is 5.91 Å². The summed E-state index contributed by atoms with van der Waals surface area (Å²) in [6.07, 6.45) is 1.33. The third-order valence-corrected chi connectivity index (χ3v) is 3.73. The van der Waals surface area contributed by atoms with Gasteiger partial charge in [-0.25, -0.2) is 0 Å². The third-order valence-electron chi connectivity index (χ3n) is 3.73. The second-order valence-corrected chi connectivity index (χ2v) is 5.59. The van der Waals surface area contributed by atoms with Gasteiger partial charge in [-0.05, 0) is 31.0 Å². The van der Waals surface area contributed by atoms with Gasteiger partial charge in [0, 0.05) is 32.2 Å². The second kappa shape index (κ2) is 8.23. The van der Waals surface area contributed by atoms with E-state index in [0.717, 1.165) is 18.7 Å². The highest BCUT2D eigenvalue weighted by atomic mass is 16.1. The maximum Gasteiger partial charge on any atom is 0.220 e. The van der Waals surface area contributed by atoms with Gasteiger partial charge in [0.1, 0.15) is 0 Å². The molecule has 1 N–H and O–H groups in total. The van der Waals surface area contributed by atoms with Crippen LogP contribution in [-0.2, 0) is 11.2 Å². The Morgan fingerprint density at radius 3 is 2.41 bits per heavy atom. The van der Waals surface area contributed by atoms with E-state index >= 15 is 0 Å². The summed E-state index contributed by atoms with van der Waals surface area (Å²) < 4.78 is 0. The van der Waals surface area contributed by atoms with Crippen LogP contribution in [0.15, 0.2) is 54.6 Å². The maximum absolute atomic E-state index is 11.9. The molecule has 0 saturated heterocycles. The molecule has 116 valence electrons. The quantitative estimate of drug-likeness (QED) is 0.851. The molecular weight excluding hydrogens is 272 g/mol. The zero-order valence-corrected chi connectivity index (χ0v) is 13.4. The molecule has 2 aromatic carbocycles. The number of carbonyl (C=O) groups excluding carboxylic acids is 1. The van der Waals surface area contributed by atoms with E-state index < -0.39 is 0 Å². The van der Waals surface area contributed by atoms with Crippen LogP contribution in [0.5, 0.6) is 0 Å². The van der Waals surface area contributed by atoms with Gasteiger partial charge in [0.25, 0.3) is 0 Å². The first-order valence-electron chi connectivity index (χ1n) is 7.73. The van der Waals surface area contributed by atoms with Gasteiger partial charge >= 0.3 is 0 Å². The van der Waals surface area contributed by atoms with Crippen LogP contribution in [0.25, 0.3) is 0 Å². The number of benzene rings is 2. The van der Waals surface area contributed by atoms with Crippen LogP contribution in [0, 0.1) is 6.92 Å². The predicted molar refractivity (Wildman–Crippen MR) is 92.2 cm³/mol. The number of nitrogens with one attached hydrogen (secondary N) is 1. The number of anilines is 1. The van der Waals surface area contributed by atoms with Crippen LogP contribution >= 0.6 is 0 Å². The average molecular weight is 296 g/mol. The highest BCUT2D eigenvalue weighted by molar-refractivity contribution is 5.76.